The number of ether oxygens (including phenoxy) is 1. The fraction of sp³-hybridized carbons (Fsp3) is 0.429. The molecule has 5 rings (SSSR count). The average Bonchev–Trinajstić information content (AvgIpc) is 3.19. The Hall–Kier alpha value is -3.12. The number of aryl methyl sites for hydroxylation is 1. The Kier molecular flexibility index (Phi) is 6.17. The highest BCUT2D eigenvalue weighted by Gasteiger charge is 2.46. The van der Waals surface area contributed by atoms with Crippen LogP contribution in [0, 0.1) is 0 Å². The van der Waals surface area contributed by atoms with Gasteiger partial charge in [-0.2, -0.15) is 0 Å². The highest BCUT2D eigenvalue weighted by Crippen LogP contribution is 2.46. The van der Waals surface area contributed by atoms with Crippen molar-refractivity contribution < 1.29 is 14.3 Å². The zero-order valence-corrected chi connectivity index (χ0v) is 20.2. The number of hydrogen-bond acceptors (Lipinski definition) is 3. The summed E-state index contributed by atoms with van der Waals surface area (Å²) in [6.45, 7) is 3.76. The minimum Gasteiger partial charge on any atom is -0.383 e. The number of carbonyl (C=O) groups is 2. The number of nitrogens with zero attached hydrogens (tertiary/aromatic N) is 3. The van der Waals surface area contributed by atoms with E-state index in [1.807, 2.05) is 53.2 Å². The summed E-state index contributed by atoms with van der Waals surface area (Å²) in [6.07, 6.45) is 5.29. The molecule has 0 spiro atoms. The summed E-state index contributed by atoms with van der Waals surface area (Å²) >= 11 is 0. The molecule has 3 atom stereocenters. The Morgan fingerprint density at radius 2 is 1.82 bits per heavy atom. The molecule has 0 saturated carbocycles. The SMILES string of the molecule is COCCN1C(=O)c2ccccc2[C@H](C(=O)N2CCCC[C@@H]2C)[C@H]1c1cn(C)c2ccccc12. The molecule has 3 heterocycles. The van der Waals surface area contributed by atoms with Crippen molar-refractivity contribution >= 4 is 22.7 Å². The molecular formula is C28H33N3O3. The fourth-order valence-electron chi connectivity index (χ4n) is 5.85. The number of carbonyl (C=O) groups excluding carboxylic acids is 2. The third-order valence-corrected chi connectivity index (χ3v) is 7.57. The standard InChI is InChI=1S/C28H33N3O3/c1-19-10-8-9-15-30(19)28(33)25-21-12-4-5-13-22(21)27(32)31(16-17-34-3)26(25)23-18-29(2)24-14-7-6-11-20(23)24/h4-7,11-14,18-19,25-26H,8-10,15-17H2,1-3H3/t19-,25-,26+/m0/s1. The maximum Gasteiger partial charge on any atom is 0.254 e. The van der Waals surface area contributed by atoms with Crippen LogP contribution in [-0.4, -0.2) is 59.0 Å². The Balaban J connectivity index is 1.72. The lowest BCUT2D eigenvalue weighted by atomic mass is 9.78. The Morgan fingerprint density at radius 3 is 2.62 bits per heavy atom. The van der Waals surface area contributed by atoms with Crippen LogP contribution in [0.15, 0.2) is 54.7 Å². The van der Waals surface area contributed by atoms with E-state index in [1.54, 1.807) is 7.11 Å². The van der Waals surface area contributed by atoms with Gasteiger partial charge in [-0.3, -0.25) is 9.59 Å². The van der Waals surface area contributed by atoms with Crippen LogP contribution in [-0.2, 0) is 16.6 Å². The van der Waals surface area contributed by atoms with Crippen molar-refractivity contribution in [1.29, 1.82) is 0 Å². The number of likely N-dealkylation sites (tertiary alicyclic amines) is 1. The number of methoxy groups -OCH3 is 1. The van der Waals surface area contributed by atoms with E-state index in [0.29, 0.717) is 18.7 Å². The summed E-state index contributed by atoms with van der Waals surface area (Å²) in [5.74, 6) is -0.383. The quantitative estimate of drug-likeness (QED) is 0.564. The number of aromatic nitrogens is 1. The molecule has 6 nitrogen and oxygen atoms in total. The van der Waals surface area contributed by atoms with E-state index < -0.39 is 12.0 Å². The molecule has 178 valence electrons. The predicted octanol–water partition coefficient (Wildman–Crippen LogP) is 4.51. The van der Waals surface area contributed by atoms with E-state index in [-0.39, 0.29) is 17.9 Å². The van der Waals surface area contributed by atoms with Crippen LogP contribution in [0.4, 0.5) is 0 Å². The molecule has 1 aromatic heterocycles. The number of hydrogen-bond donors (Lipinski definition) is 0. The van der Waals surface area contributed by atoms with Crippen molar-refractivity contribution in [3.05, 3.63) is 71.4 Å². The average molecular weight is 460 g/mol. The van der Waals surface area contributed by atoms with Gasteiger partial charge < -0.3 is 19.1 Å². The van der Waals surface area contributed by atoms with Crippen molar-refractivity contribution in [2.75, 3.05) is 26.8 Å². The van der Waals surface area contributed by atoms with E-state index in [0.717, 1.165) is 47.8 Å². The third kappa shape index (κ3) is 3.70. The van der Waals surface area contributed by atoms with Gasteiger partial charge in [-0.15, -0.1) is 0 Å². The van der Waals surface area contributed by atoms with Crippen LogP contribution in [0.1, 0.15) is 59.6 Å². The molecular weight excluding hydrogens is 426 g/mol. The summed E-state index contributed by atoms with van der Waals surface area (Å²) in [5.41, 5.74) is 3.56. The van der Waals surface area contributed by atoms with Crippen LogP contribution in [0.3, 0.4) is 0 Å². The maximum absolute atomic E-state index is 14.3. The second-order valence-corrected chi connectivity index (χ2v) is 9.59. The van der Waals surface area contributed by atoms with Crippen LogP contribution >= 0.6 is 0 Å². The molecule has 3 aromatic rings. The monoisotopic (exact) mass is 459 g/mol. The molecule has 0 bridgehead atoms. The number of piperidine rings is 1. The first kappa shape index (κ1) is 22.7. The van der Waals surface area contributed by atoms with Crippen molar-refractivity contribution in [2.45, 2.75) is 44.2 Å². The minimum atomic E-state index is -0.461. The molecule has 2 aliphatic rings. The molecule has 6 heteroatoms. The van der Waals surface area contributed by atoms with Gasteiger partial charge in [0.2, 0.25) is 5.91 Å². The zero-order chi connectivity index (χ0) is 23.8. The smallest absolute Gasteiger partial charge is 0.254 e. The fourth-order valence-corrected chi connectivity index (χ4v) is 5.85. The maximum atomic E-state index is 14.3. The number of fused-ring (bicyclic) bond motifs is 2. The van der Waals surface area contributed by atoms with Crippen LogP contribution in [0.5, 0.6) is 0 Å². The minimum absolute atomic E-state index is 0.0404. The van der Waals surface area contributed by atoms with E-state index in [1.165, 1.54) is 0 Å². The van der Waals surface area contributed by atoms with Gasteiger partial charge in [-0.05, 0) is 43.9 Å². The van der Waals surface area contributed by atoms with E-state index in [9.17, 15) is 9.59 Å². The third-order valence-electron chi connectivity index (χ3n) is 7.57. The van der Waals surface area contributed by atoms with Crippen molar-refractivity contribution in [3.8, 4) is 0 Å². The molecule has 2 aromatic carbocycles. The largest absolute Gasteiger partial charge is 0.383 e. The lowest BCUT2D eigenvalue weighted by Gasteiger charge is -2.44. The molecule has 0 N–H and O–H groups in total. The van der Waals surface area contributed by atoms with Gasteiger partial charge in [0, 0.05) is 61.5 Å². The normalized spacial score (nSPS) is 22.8. The Bertz CT molecular complexity index is 1220. The van der Waals surface area contributed by atoms with Crippen molar-refractivity contribution in [3.63, 3.8) is 0 Å². The first-order chi connectivity index (χ1) is 16.5. The van der Waals surface area contributed by atoms with Gasteiger partial charge in [-0.25, -0.2) is 0 Å². The van der Waals surface area contributed by atoms with Crippen LogP contribution < -0.4 is 0 Å². The first-order valence-corrected chi connectivity index (χ1v) is 12.3. The van der Waals surface area contributed by atoms with Crippen molar-refractivity contribution in [1.82, 2.24) is 14.4 Å². The van der Waals surface area contributed by atoms with Gasteiger partial charge in [0.25, 0.3) is 5.91 Å². The summed E-state index contributed by atoms with van der Waals surface area (Å²) in [6, 6.07) is 15.7. The predicted molar refractivity (Wildman–Crippen MR) is 133 cm³/mol. The highest BCUT2D eigenvalue weighted by molar-refractivity contribution is 6.02. The van der Waals surface area contributed by atoms with Gasteiger partial charge >= 0.3 is 0 Å². The molecule has 1 fully saturated rings. The van der Waals surface area contributed by atoms with E-state index >= 15 is 0 Å². The molecule has 0 radical (unpaired) electrons. The second-order valence-electron chi connectivity index (χ2n) is 9.59. The number of benzene rings is 2. The van der Waals surface area contributed by atoms with Crippen LogP contribution in [0.25, 0.3) is 10.9 Å². The molecule has 0 unspecified atom stereocenters. The van der Waals surface area contributed by atoms with Crippen LogP contribution in [0.2, 0.25) is 0 Å². The second kappa shape index (κ2) is 9.26. The zero-order valence-electron chi connectivity index (χ0n) is 20.2. The molecule has 1 saturated heterocycles. The number of para-hydroxylation sites is 1. The summed E-state index contributed by atoms with van der Waals surface area (Å²) < 4.78 is 7.48. The van der Waals surface area contributed by atoms with E-state index in [4.69, 9.17) is 4.74 Å². The highest BCUT2D eigenvalue weighted by atomic mass is 16.5. The van der Waals surface area contributed by atoms with Gasteiger partial charge in [0.05, 0.1) is 18.6 Å². The number of amides is 2. The van der Waals surface area contributed by atoms with Gasteiger partial charge in [-0.1, -0.05) is 36.4 Å². The Labute approximate surface area is 201 Å². The lowest BCUT2D eigenvalue weighted by Crippen LogP contribution is -2.51. The van der Waals surface area contributed by atoms with Gasteiger partial charge in [0.1, 0.15) is 0 Å². The van der Waals surface area contributed by atoms with Crippen molar-refractivity contribution in [2.24, 2.45) is 7.05 Å². The Morgan fingerprint density at radius 1 is 1.06 bits per heavy atom. The molecule has 2 amide bonds. The summed E-state index contributed by atoms with van der Waals surface area (Å²) in [5, 5.41) is 1.08. The topological polar surface area (TPSA) is 54.8 Å². The summed E-state index contributed by atoms with van der Waals surface area (Å²) in [7, 11) is 3.67. The lowest BCUT2D eigenvalue weighted by molar-refractivity contribution is -0.138. The molecule has 0 aliphatic carbocycles. The summed E-state index contributed by atoms with van der Waals surface area (Å²) in [4.78, 5) is 32.0. The first-order valence-electron chi connectivity index (χ1n) is 12.3. The molecule has 34 heavy (non-hydrogen) atoms. The number of rotatable bonds is 5. The van der Waals surface area contributed by atoms with E-state index in [2.05, 4.69) is 29.8 Å². The van der Waals surface area contributed by atoms with Gasteiger partial charge in [0.15, 0.2) is 0 Å². The molecule has 2 aliphatic heterocycles.